The van der Waals surface area contributed by atoms with Crippen molar-refractivity contribution in [3.05, 3.63) is 58.7 Å². The van der Waals surface area contributed by atoms with E-state index in [0.29, 0.717) is 17.0 Å². The van der Waals surface area contributed by atoms with Crippen LogP contribution >= 0.6 is 0 Å². The number of carbonyl (C=O) groups excluding carboxylic acids is 1. The Morgan fingerprint density at radius 2 is 1.52 bits per heavy atom. The maximum absolute atomic E-state index is 12.2. The predicted octanol–water partition coefficient (Wildman–Crippen LogP) is 3.55. The minimum Gasteiger partial charge on any atom is -0.366 e. The summed E-state index contributed by atoms with van der Waals surface area (Å²) in [4.78, 5) is 11.2. The first-order chi connectivity index (χ1) is 10.7. The first-order valence-electron chi connectivity index (χ1n) is 7.09. The van der Waals surface area contributed by atoms with Crippen LogP contribution < -0.4 is 8.91 Å². The molecule has 0 radical (unpaired) electrons. The molecule has 0 fully saturated rings. The number of benzene rings is 2. The second-order valence-corrected chi connectivity index (χ2v) is 6.78. The van der Waals surface area contributed by atoms with Gasteiger partial charge in [-0.05, 0) is 63.1 Å². The Morgan fingerprint density at radius 3 is 2.00 bits per heavy atom. The van der Waals surface area contributed by atoms with Crippen LogP contribution in [-0.4, -0.2) is 14.2 Å². The lowest BCUT2D eigenvalue weighted by Crippen LogP contribution is -2.20. The minimum atomic E-state index is -4.01. The van der Waals surface area contributed by atoms with Crippen molar-refractivity contribution in [2.45, 2.75) is 27.7 Å². The van der Waals surface area contributed by atoms with Crippen molar-refractivity contribution in [2.75, 3.05) is 4.72 Å². The van der Waals surface area contributed by atoms with E-state index in [1.165, 1.54) is 19.1 Å². The number of aryl methyl sites for hydroxylation is 3. The lowest BCUT2D eigenvalue weighted by atomic mass is 10.1. The molecule has 0 heterocycles. The van der Waals surface area contributed by atoms with Crippen LogP contribution in [0.3, 0.4) is 0 Å². The zero-order chi connectivity index (χ0) is 17.2. The summed E-state index contributed by atoms with van der Waals surface area (Å²) in [5, 5.41) is 0. The number of hydrogen-bond acceptors (Lipinski definition) is 4. The number of rotatable bonds is 5. The Morgan fingerprint density at radius 1 is 1.00 bits per heavy atom. The molecule has 6 heteroatoms. The Labute approximate surface area is 136 Å². The SMILES string of the molecule is CC(=O)c1ccc(NS(=O)(=O)Oc2c(C)cc(C)cc2C)cc1. The van der Waals surface area contributed by atoms with Gasteiger partial charge in [-0.25, -0.2) is 0 Å². The number of hydrogen-bond donors (Lipinski definition) is 1. The molecule has 0 aliphatic carbocycles. The number of carbonyl (C=O) groups is 1. The predicted molar refractivity (Wildman–Crippen MR) is 90.3 cm³/mol. The Hall–Kier alpha value is -2.34. The van der Waals surface area contributed by atoms with Crippen molar-refractivity contribution in [3.8, 4) is 5.75 Å². The smallest absolute Gasteiger partial charge is 0.366 e. The molecule has 2 aromatic carbocycles. The molecule has 0 saturated heterocycles. The summed E-state index contributed by atoms with van der Waals surface area (Å²) in [7, 11) is -4.01. The summed E-state index contributed by atoms with van der Waals surface area (Å²) >= 11 is 0. The standard InChI is InChI=1S/C17H19NO4S/c1-11-9-12(2)17(13(3)10-11)22-23(20,21)18-16-7-5-15(6-8-16)14(4)19/h5-10,18H,1-4H3. The molecule has 0 atom stereocenters. The van der Waals surface area contributed by atoms with Crippen LogP contribution in [0.25, 0.3) is 0 Å². The largest absolute Gasteiger partial charge is 0.407 e. The highest BCUT2D eigenvalue weighted by atomic mass is 32.2. The molecule has 0 spiro atoms. The van der Waals surface area contributed by atoms with E-state index < -0.39 is 10.3 Å². The fourth-order valence-corrected chi connectivity index (χ4v) is 3.29. The maximum Gasteiger partial charge on any atom is 0.407 e. The van der Waals surface area contributed by atoms with E-state index in [0.717, 1.165) is 16.7 Å². The van der Waals surface area contributed by atoms with E-state index >= 15 is 0 Å². The van der Waals surface area contributed by atoms with Crippen molar-refractivity contribution in [2.24, 2.45) is 0 Å². The molecule has 2 rings (SSSR count). The average molecular weight is 333 g/mol. The molecule has 1 N–H and O–H groups in total. The average Bonchev–Trinajstić information content (AvgIpc) is 2.43. The van der Waals surface area contributed by atoms with Gasteiger partial charge in [0, 0.05) is 5.56 Å². The van der Waals surface area contributed by atoms with E-state index in [4.69, 9.17) is 4.18 Å². The molecular weight excluding hydrogens is 314 g/mol. The summed E-state index contributed by atoms with van der Waals surface area (Å²) in [6, 6.07) is 9.88. The number of anilines is 1. The van der Waals surface area contributed by atoms with Crippen LogP contribution in [0.15, 0.2) is 36.4 Å². The van der Waals surface area contributed by atoms with Gasteiger partial charge in [0.05, 0.1) is 5.69 Å². The van der Waals surface area contributed by atoms with Crippen LogP contribution in [0.1, 0.15) is 34.0 Å². The minimum absolute atomic E-state index is 0.0819. The lowest BCUT2D eigenvalue weighted by molar-refractivity contribution is 0.101. The second kappa shape index (κ2) is 6.42. The highest BCUT2D eigenvalue weighted by Crippen LogP contribution is 2.26. The normalized spacial score (nSPS) is 11.1. The lowest BCUT2D eigenvalue weighted by Gasteiger charge is -2.14. The quantitative estimate of drug-likeness (QED) is 0.849. The summed E-state index contributed by atoms with van der Waals surface area (Å²) in [5.74, 6) is 0.241. The van der Waals surface area contributed by atoms with Crippen molar-refractivity contribution in [3.63, 3.8) is 0 Å². The molecule has 0 aliphatic heterocycles. The van der Waals surface area contributed by atoms with E-state index in [9.17, 15) is 13.2 Å². The number of nitrogens with one attached hydrogen (secondary N) is 1. The summed E-state index contributed by atoms with van der Waals surface area (Å²) < 4.78 is 31.9. The summed E-state index contributed by atoms with van der Waals surface area (Å²) in [6.07, 6.45) is 0. The van der Waals surface area contributed by atoms with Gasteiger partial charge in [0.25, 0.3) is 0 Å². The van der Waals surface area contributed by atoms with Gasteiger partial charge in [-0.3, -0.25) is 9.52 Å². The van der Waals surface area contributed by atoms with Crippen LogP contribution in [-0.2, 0) is 10.3 Å². The van der Waals surface area contributed by atoms with Crippen molar-refractivity contribution >= 4 is 21.8 Å². The first kappa shape index (κ1) is 17.0. The van der Waals surface area contributed by atoms with Crippen LogP contribution in [0, 0.1) is 20.8 Å². The Kier molecular flexibility index (Phi) is 4.75. The third kappa shape index (κ3) is 4.32. The zero-order valence-corrected chi connectivity index (χ0v) is 14.3. The van der Waals surface area contributed by atoms with Crippen molar-refractivity contribution in [1.29, 1.82) is 0 Å². The van der Waals surface area contributed by atoms with Crippen LogP contribution in [0.4, 0.5) is 5.69 Å². The zero-order valence-electron chi connectivity index (χ0n) is 13.5. The van der Waals surface area contributed by atoms with E-state index in [1.54, 1.807) is 26.0 Å². The molecule has 23 heavy (non-hydrogen) atoms. The first-order valence-corrected chi connectivity index (χ1v) is 8.50. The highest BCUT2D eigenvalue weighted by Gasteiger charge is 2.16. The fourth-order valence-electron chi connectivity index (χ4n) is 2.35. The molecule has 0 unspecified atom stereocenters. The van der Waals surface area contributed by atoms with Crippen molar-refractivity contribution in [1.82, 2.24) is 0 Å². The molecule has 0 amide bonds. The highest BCUT2D eigenvalue weighted by molar-refractivity contribution is 7.88. The van der Waals surface area contributed by atoms with Crippen molar-refractivity contribution < 1.29 is 17.4 Å². The molecular formula is C17H19NO4S. The fraction of sp³-hybridized carbons (Fsp3) is 0.235. The molecule has 0 aromatic heterocycles. The molecule has 0 saturated carbocycles. The molecule has 122 valence electrons. The van der Waals surface area contributed by atoms with Gasteiger partial charge in [-0.15, -0.1) is 0 Å². The van der Waals surface area contributed by atoms with Gasteiger partial charge in [-0.2, -0.15) is 8.42 Å². The van der Waals surface area contributed by atoms with Gasteiger partial charge in [0.1, 0.15) is 5.75 Å². The summed E-state index contributed by atoms with van der Waals surface area (Å²) in [6.45, 7) is 6.98. The topological polar surface area (TPSA) is 72.5 Å². The summed E-state index contributed by atoms with van der Waals surface area (Å²) in [5.41, 5.74) is 3.38. The number of Topliss-reactive ketones (excluding diaryl/α,β-unsaturated/α-hetero) is 1. The molecule has 0 bridgehead atoms. The Balaban J connectivity index is 2.21. The molecule has 5 nitrogen and oxygen atoms in total. The van der Waals surface area contributed by atoms with Crippen LogP contribution in [0.2, 0.25) is 0 Å². The van der Waals surface area contributed by atoms with E-state index in [-0.39, 0.29) is 5.78 Å². The van der Waals surface area contributed by atoms with Gasteiger partial charge in [0.2, 0.25) is 0 Å². The third-order valence-electron chi connectivity index (χ3n) is 3.33. The third-order valence-corrected chi connectivity index (χ3v) is 4.20. The van der Waals surface area contributed by atoms with E-state index in [2.05, 4.69) is 4.72 Å². The van der Waals surface area contributed by atoms with Gasteiger partial charge in [0.15, 0.2) is 5.78 Å². The number of ketones is 1. The van der Waals surface area contributed by atoms with E-state index in [1.807, 2.05) is 19.1 Å². The van der Waals surface area contributed by atoms with Crippen LogP contribution in [0.5, 0.6) is 5.75 Å². The second-order valence-electron chi connectivity index (χ2n) is 5.50. The molecule has 2 aromatic rings. The monoisotopic (exact) mass is 333 g/mol. The Bertz CT molecular complexity index is 816. The maximum atomic E-state index is 12.2. The van der Waals surface area contributed by atoms with Gasteiger partial charge >= 0.3 is 10.3 Å². The van der Waals surface area contributed by atoms with Gasteiger partial charge in [-0.1, -0.05) is 17.7 Å². The molecule has 0 aliphatic rings. The van der Waals surface area contributed by atoms with Gasteiger partial charge < -0.3 is 4.18 Å².